The van der Waals surface area contributed by atoms with Crippen molar-refractivity contribution in [3.8, 4) is 11.8 Å². The largest absolute Gasteiger partial charge is 0.489 e. The number of pyridine rings is 1. The number of amides is 1. The number of hydrogen-bond acceptors (Lipinski definition) is 6. The molecule has 3 aromatic rings. The Morgan fingerprint density at radius 3 is 2.35 bits per heavy atom. The Labute approximate surface area is 231 Å². The fourth-order valence-electron chi connectivity index (χ4n) is 5.17. The first-order valence-corrected chi connectivity index (χ1v) is 13.3. The van der Waals surface area contributed by atoms with Crippen LogP contribution in [0.4, 0.5) is 18.9 Å². The Bertz CT molecular complexity index is 1330. The van der Waals surface area contributed by atoms with Gasteiger partial charge in [0.05, 0.1) is 23.4 Å². The summed E-state index contributed by atoms with van der Waals surface area (Å²) < 4.78 is 44.5. The van der Waals surface area contributed by atoms with Crippen molar-refractivity contribution in [1.29, 1.82) is 5.26 Å². The molecular formula is C30H30F3N5O2. The number of hydrogen-bond donors (Lipinski definition) is 1. The predicted molar refractivity (Wildman–Crippen MR) is 144 cm³/mol. The number of carbonyl (C=O) groups is 1. The summed E-state index contributed by atoms with van der Waals surface area (Å²) in [5.74, 6) is 0.362. The van der Waals surface area contributed by atoms with Crippen LogP contribution < -0.4 is 15.0 Å². The van der Waals surface area contributed by atoms with E-state index < -0.39 is 11.7 Å². The number of piperidine rings is 1. The summed E-state index contributed by atoms with van der Waals surface area (Å²) >= 11 is 0. The van der Waals surface area contributed by atoms with Crippen LogP contribution in [0.15, 0.2) is 66.9 Å². The molecule has 1 amide bonds. The third-order valence-electron chi connectivity index (χ3n) is 7.37. The minimum Gasteiger partial charge on any atom is -0.489 e. The molecule has 40 heavy (non-hydrogen) atoms. The van der Waals surface area contributed by atoms with Gasteiger partial charge >= 0.3 is 6.18 Å². The average Bonchev–Trinajstić information content (AvgIpc) is 3.40. The molecule has 2 aliphatic heterocycles. The smallest absolute Gasteiger partial charge is 0.416 e. The molecule has 208 valence electrons. The first-order valence-electron chi connectivity index (χ1n) is 13.3. The number of halogens is 3. The van der Waals surface area contributed by atoms with Crippen molar-refractivity contribution in [1.82, 2.24) is 15.2 Å². The van der Waals surface area contributed by atoms with E-state index in [9.17, 15) is 18.0 Å². The van der Waals surface area contributed by atoms with E-state index in [0.717, 1.165) is 62.3 Å². The molecular weight excluding hydrogens is 519 g/mol. The molecule has 10 heteroatoms. The molecule has 0 bridgehead atoms. The molecule has 3 heterocycles. The number of alkyl halides is 3. The molecule has 7 nitrogen and oxygen atoms in total. The maximum absolute atomic E-state index is 12.8. The van der Waals surface area contributed by atoms with Crippen molar-refractivity contribution < 1.29 is 22.7 Å². The number of carbonyl (C=O) groups excluding carboxylic acids is 1. The lowest BCUT2D eigenvalue weighted by atomic mass is 10.1. The number of ether oxygens (including phenoxy) is 1. The minimum absolute atomic E-state index is 0.0345. The number of benzene rings is 2. The molecule has 1 unspecified atom stereocenters. The normalized spacial score (nSPS) is 18.4. The third kappa shape index (κ3) is 6.90. The topological polar surface area (TPSA) is 81.5 Å². The Kier molecular flexibility index (Phi) is 8.21. The lowest BCUT2D eigenvalue weighted by Gasteiger charge is -2.33. The molecule has 5 rings (SSSR count). The van der Waals surface area contributed by atoms with Crippen molar-refractivity contribution in [2.24, 2.45) is 0 Å². The van der Waals surface area contributed by atoms with Crippen LogP contribution in [-0.2, 0) is 12.7 Å². The summed E-state index contributed by atoms with van der Waals surface area (Å²) in [6.07, 6.45) is -0.506. The summed E-state index contributed by atoms with van der Waals surface area (Å²) in [7, 11) is 0. The lowest BCUT2D eigenvalue weighted by molar-refractivity contribution is -0.137. The standard InChI is InChI=1S/C30H30F3N5O2/c31-30(32,33)23-5-7-25(8-6-23)38-15-12-26(13-16-38)40-27-9-10-28(35-18-27)29(39)36-24-11-14-37(20-24)19-22-3-1-21(17-34)2-4-22/h1-10,18,24,26H,11-16,19-20H2,(H,36,39). The number of aromatic nitrogens is 1. The summed E-state index contributed by atoms with van der Waals surface area (Å²) in [5, 5.41) is 12.0. The van der Waals surface area contributed by atoms with Crippen LogP contribution in [-0.4, -0.2) is 54.1 Å². The maximum atomic E-state index is 12.8. The van der Waals surface area contributed by atoms with E-state index in [-0.39, 0.29) is 18.1 Å². The Morgan fingerprint density at radius 2 is 1.73 bits per heavy atom. The zero-order valence-electron chi connectivity index (χ0n) is 21.9. The van der Waals surface area contributed by atoms with E-state index in [4.69, 9.17) is 10.00 Å². The van der Waals surface area contributed by atoms with Crippen molar-refractivity contribution in [2.45, 2.75) is 44.1 Å². The van der Waals surface area contributed by atoms with Crippen LogP contribution >= 0.6 is 0 Å². The van der Waals surface area contributed by atoms with Crippen molar-refractivity contribution >= 4 is 11.6 Å². The van der Waals surface area contributed by atoms with Crippen LogP contribution in [0.2, 0.25) is 0 Å². The SMILES string of the molecule is N#Cc1ccc(CN2CCC(NC(=O)c3ccc(OC4CCN(c5ccc(C(F)(F)F)cc5)CC4)cn3)C2)cc1. The lowest BCUT2D eigenvalue weighted by Crippen LogP contribution is -2.38. The Balaban J connectivity index is 1.05. The van der Waals surface area contributed by atoms with Gasteiger partial charge in [-0.05, 0) is 60.5 Å². The van der Waals surface area contributed by atoms with Gasteiger partial charge < -0.3 is 15.0 Å². The molecule has 2 aromatic carbocycles. The zero-order chi connectivity index (χ0) is 28.1. The summed E-state index contributed by atoms with van der Waals surface area (Å²) in [4.78, 5) is 21.4. The summed E-state index contributed by atoms with van der Waals surface area (Å²) in [5.41, 5.74) is 2.22. The van der Waals surface area contributed by atoms with Crippen molar-refractivity contribution in [2.75, 3.05) is 31.1 Å². The van der Waals surface area contributed by atoms with E-state index in [1.165, 1.54) is 12.1 Å². The maximum Gasteiger partial charge on any atom is 0.416 e. The second-order valence-corrected chi connectivity index (χ2v) is 10.2. The van der Waals surface area contributed by atoms with Gasteiger partial charge in [0.1, 0.15) is 17.5 Å². The fourth-order valence-corrected chi connectivity index (χ4v) is 5.17. The fraction of sp³-hybridized carbons (Fsp3) is 0.367. The van der Waals surface area contributed by atoms with Crippen LogP contribution in [0.3, 0.4) is 0 Å². The highest BCUT2D eigenvalue weighted by Crippen LogP contribution is 2.31. The third-order valence-corrected chi connectivity index (χ3v) is 7.37. The minimum atomic E-state index is -4.34. The van der Waals surface area contributed by atoms with Crippen LogP contribution in [0.25, 0.3) is 0 Å². The molecule has 2 aliphatic rings. The number of nitrogens with zero attached hydrogens (tertiary/aromatic N) is 4. The van der Waals surface area contributed by atoms with Gasteiger partial charge in [-0.2, -0.15) is 18.4 Å². The number of likely N-dealkylation sites (tertiary alicyclic amines) is 1. The van der Waals surface area contributed by atoms with Crippen LogP contribution in [0.5, 0.6) is 5.75 Å². The zero-order valence-corrected chi connectivity index (χ0v) is 21.9. The monoisotopic (exact) mass is 549 g/mol. The highest BCUT2D eigenvalue weighted by molar-refractivity contribution is 5.92. The van der Waals surface area contributed by atoms with Gasteiger partial charge in [-0.15, -0.1) is 0 Å². The highest BCUT2D eigenvalue weighted by atomic mass is 19.4. The van der Waals surface area contributed by atoms with E-state index in [1.54, 1.807) is 18.3 Å². The highest BCUT2D eigenvalue weighted by Gasteiger charge is 2.30. The Hall–Kier alpha value is -4.10. The molecule has 0 aliphatic carbocycles. The second kappa shape index (κ2) is 12.0. The van der Waals surface area contributed by atoms with Gasteiger partial charge in [-0.25, -0.2) is 4.98 Å². The van der Waals surface area contributed by atoms with E-state index in [1.807, 2.05) is 24.3 Å². The number of rotatable bonds is 7. The molecule has 2 fully saturated rings. The molecule has 1 N–H and O–H groups in total. The number of nitriles is 1. The molecule has 2 saturated heterocycles. The van der Waals surface area contributed by atoms with E-state index >= 15 is 0 Å². The number of nitrogens with one attached hydrogen (secondary N) is 1. The average molecular weight is 550 g/mol. The van der Waals surface area contributed by atoms with E-state index in [2.05, 4.69) is 26.2 Å². The van der Waals surface area contributed by atoms with Gasteiger partial charge in [0.15, 0.2) is 0 Å². The first-order chi connectivity index (χ1) is 19.3. The van der Waals surface area contributed by atoms with Crippen molar-refractivity contribution in [3.63, 3.8) is 0 Å². The van der Waals surface area contributed by atoms with Gasteiger partial charge in [0.25, 0.3) is 5.91 Å². The molecule has 0 spiro atoms. The Morgan fingerprint density at radius 1 is 1.00 bits per heavy atom. The predicted octanol–water partition coefficient (Wildman–Crippen LogP) is 5.02. The first kappa shape index (κ1) is 27.5. The van der Waals surface area contributed by atoms with Gasteiger partial charge in [0, 0.05) is 57.3 Å². The molecule has 0 radical (unpaired) electrons. The van der Waals surface area contributed by atoms with Gasteiger partial charge in [0.2, 0.25) is 0 Å². The molecule has 0 saturated carbocycles. The number of anilines is 1. The molecule has 1 atom stereocenters. The summed E-state index contributed by atoms with van der Waals surface area (Å²) in [6.45, 7) is 3.74. The molecule has 1 aromatic heterocycles. The van der Waals surface area contributed by atoms with Crippen LogP contribution in [0.1, 0.15) is 46.4 Å². The van der Waals surface area contributed by atoms with Gasteiger partial charge in [-0.3, -0.25) is 9.69 Å². The second-order valence-electron chi connectivity index (χ2n) is 10.2. The van der Waals surface area contributed by atoms with Crippen molar-refractivity contribution in [3.05, 3.63) is 89.2 Å². The van der Waals surface area contributed by atoms with Crippen LogP contribution in [0, 0.1) is 11.3 Å². The quantitative estimate of drug-likeness (QED) is 0.446. The summed E-state index contributed by atoms with van der Waals surface area (Å²) in [6, 6.07) is 18.4. The van der Waals surface area contributed by atoms with E-state index in [0.29, 0.717) is 30.1 Å². The van der Waals surface area contributed by atoms with Gasteiger partial charge in [-0.1, -0.05) is 12.1 Å².